The summed E-state index contributed by atoms with van der Waals surface area (Å²) in [7, 11) is -2.92. The summed E-state index contributed by atoms with van der Waals surface area (Å²) in [6.45, 7) is -0.247. The number of hydrogen-bond acceptors (Lipinski definition) is 5. The average Bonchev–Trinajstić information content (AvgIpc) is 2.85. The summed E-state index contributed by atoms with van der Waals surface area (Å²) in [6.07, 6.45) is 0. The highest BCUT2D eigenvalue weighted by atomic mass is 79.9. The predicted molar refractivity (Wildman–Crippen MR) is 131 cm³/mol. The highest BCUT2D eigenvalue weighted by molar-refractivity contribution is 9.10. The smallest absolute Gasteiger partial charge is 0.326 e. The summed E-state index contributed by atoms with van der Waals surface area (Å²) in [4.78, 5) is 26.9. The lowest BCUT2D eigenvalue weighted by molar-refractivity contribution is -0.151. The summed E-state index contributed by atoms with van der Waals surface area (Å²) < 4.78 is 33.7. The minimum Gasteiger partial charge on any atom is -0.468 e. The van der Waals surface area contributed by atoms with Crippen LogP contribution in [0, 0.1) is 0 Å². The maximum atomic E-state index is 13.5. The van der Waals surface area contributed by atoms with Gasteiger partial charge in [0.2, 0.25) is 15.9 Å². The highest BCUT2D eigenvalue weighted by Gasteiger charge is 2.44. The van der Waals surface area contributed by atoms with Gasteiger partial charge in [-0.05, 0) is 41.0 Å². The number of amides is 1. The van der Waals surface area contributed by atoms with E-state index < -0.39 is 28.6 Å². The lowest BCUT2D eigenvalue weighted by Gasteiger charge is -2.38. The minimum absolute atomic E-state index is 0.00609. The Labute approximate surface area is 207 Å². The van der Waals surface area contributed by atoms with E-state index in [0.29, 0.717) is 0 Å². The van der Waals surface area contributed by atoms with Crippen molar-refractivity contribution >= 4 is 37.8 Å². The van der Waals surface area contributed by atoms with Gasteiger partial charge >= 0.3 is 5.97 Å². The van der Waals surface area contributed by atoms with E-state index >= 15 is 0 Å². The van der Waals surface area contributed by atoms with E-state index in [2.05, 4.69) is 15.9 Å². The second kappa shape index (κ2) is 10.1. The molecule has 3 aromatic carbocycles. The van der Waals surface area contributed by atoms with Crippen LogP contribution < -0.4 is 0 Å². The van der Waals surface area contributed by atoms with Gasteiger partial charge in [-0.2, -0.15) is 4.31 Å². The Kier molecular flexibility index (Phi) is 7.16. The Morgan fingerprint density at radius 3 is 2.15 bits per heavy atom. The monoisotopic (exact) mass is 542 g/mol. The molecule has 9 heteroatoms. The zero-order valence-corrected chi connectivity index (χ0v) is 20.8. The number of benzene rings is 3. The quantitative estimate of drug-likeness (QED) is 0.443. The normalized spacial score (nSPS) is 16.9. The van der Waals surface area contributed by atoms with Crippen molar-refractivity contribution in [3.8, 4) is 11.1 Å². The summed E-state index contributed by atoms with van der Waals surface area (Å²) in [6, 6.07) is 22.2. The molecule has 1 fully saturated rings. The number of methoxy groups -OCH3 is 1. The first kappa shape index (κ1) is 24.1. The second-order valence-corrected chi connectivity index (χ2v) is 10.7. The number of piperazine rings is 1. The molecule has 1 amide bonds. The zero-order chi connectivity index (χ0) is 24.3. The van der Waals surface area contributed by atoms with Crippen molar-refractivity contribution < 1.29 is 22.7 Å². The number of carbonyl (C=O) groups excluding carboxylic acids is 2. The van der Waals surface area contributed by atoms with Crippen LogP contribution in [0.3, 0.4) is 0 Å². The zero-order valence-electron chi connectivity index (χ0n) is 18.4. The topological polar surface area (TPSA) is 84.0 Å². The Morgan fingerprint density at radius 2 is 1.56 bits per heavy atom. The molecule has 1 aliphatic heterocycles. The van der Waals surface area contributed by atoms with Gasteiger partial charge in [0.15, 0.2) is 0 Å². The van der Waals surface area contributed by atoms with Gasteiger partial charge in [-0.1, -0.05) is 70.5 Å². The van der Waals surface area contributed by atoms with E-state index in [9.17, 15) is 18.0 Å². The fraction of sp³-hybridized carbons (Fsp3) is 0.200. The van der Waals surface area contributed by atoms with E-state index in [1.54, 1.807) is 12.1 Å². The van der Waals surface area contributed by atoms with E-state index in [1.807, 2.05) is 54.6 Å². The van der Waals surface area contributed by atoms with Crippen LogP contribution >= 0.6 is 15.9 Å². The van der Waals surface area contributed by atoms with Crippen LogP contribution in [0.4, 0.5) is 0 Å². The first-order chi connectivity index (χ1) is 16.3. The average molecular weight is 543 g/mol. The second-order valence-electron chi connectivity index (χ2n) is 7.88. The standard InChI is InChI=1S/C25H23BrN2O5S/c1-33-25(30)23-16-27(15-18-5-3-2-4-6-18)24(29)17-28(23)34(31,32)22-13-9-20(10-14-22)19-7-11-21(26)12-8-19/h2-14,23H,15-17H2,1H3. The molecular weight excluding hydrogens is 520 g/mol. The molecule has 1 unspecified atom stereocenters. The largest absolute Gasteiger partial charge is 0.468 e. The molecule has 1 atom stereocenters. The molecule has 7 nitrogen and oxygen atoms in total. The van der Waals surface area contributed by atoms with Crippen LogP contribution in [0.25, 0.3) is 11.1 Å². The van der Waals surface area contributed by atoms with Crippen molar-refractivity contribution in [2.75, 3.05) is 20.2 Å². The number of nitrogens with zero attached hydrogens (tertiary/aromatic N) is 2. The fourth-order valence-electron chi connectivity index (χ4n) is 3.88. The Bertz CT molecular complexity index is 1280. The van der Waals surface area contributed by atoms with Crippen molar-refractivity contribution in [2.24, 2.45) is 0 Å². The number of halogens is 1. The number of esters is 1. The van der Waals surface area contributed by atoms with Crippen molar-refractivity contribution in [2.45, 2.75) is 17.5 Å². The molecule has 1 saturated heterocycles. The first-order valence-corrected chi connectivity index (χ1v) is 12.8. The maximum absolute atomic E-state index is 13.5. The Morgan fingerprint density at radius 1 is 0.971 bits per heavy atom. The van der Waals surface area contributed by atoms with Crippen molar-refractivity contribution in [1.29, 1.82) is 0 Å². The van der Waals surface area contributed by atoms with Crippen molar-refractivity contribution in [3.63, 3.8) is 0 Å². The number of hydrogen-bond donors (Lipinski definition) is 0. The molecule has 0 aliphatic carbocycles. The fourth-order valence-corrected chi connectivity index (χ4v) is 5.66. The minimum atomic E-state index is -4.12. The first-order valence-electron chi connectivity index (χ1n) is 10.6. The van der Waals surface area contributed by atoms with Gasteiger partial charge in [0.25, 0.3) is 0 Å². The number of rotatable bonds is 6. The predicted octanol–water partition coefficient (Wildman–Crippen LogP) is 3.69. The molecule has 0 spiro atoms. The molecule has 0 N–H and O–H groups in total. The molecule has 4 rings (SSSR count). The van der Waals surface area contributed by atoms with Gasteiger partial charge in [0.05, 0.1) is 18.6 Å². The van der Waals surface area contributed by atoms with Gasteiger partial charge in [-0.25, -0.2) is 8.42 Å². The van der Waals surface area contributed by atoms with E-state index in [0.717, 1.165) is 25.5 Å². The SMILES string of the molecule is COC(=O)C1CN(Cc2ccccc2)C(=O)CN1S(=O)(=O)c1ccc(-c2ccc(Br)cc2)cc1. The summed E-state index contributed by atoms with van der Waals surface area (Å²) in [5, 5.41) is 0. The highest BCUT2D eigenvalue weighted by Crippen LogP contribution is 2.27. The lowest BCUT2D eigenvalue weighted by Crippen LogP contribution is -2.60. The van der Waals surface area contributed by atoms with Gasteiger partial charge in [-0.15, -0.1) is 0 Å². The van der Waals surface area contributed by atoms with Crippen LogP contribution in [0.15, 0.2) is 88.2 Å². The number of carbonyl (C=O) groups is 2. The summed E-state index contributed by atoms with van der Waals surface area (Å²) >= 11 is 3.40. The molecule has 176 valence electrons. The molecule has 34 heavy (non-hydrogen) atoms. The molecule has 1 aliphatic rings. The van der Waals surface area contributed by atoms with E-state index in [1.165, 1.54) is 24.1 Å². The third-order valence-electron chi connectivity index (χ3n) is 5.71. The van der Waals surface area contributed by atoms with Crippen LogP contribution in [0.1, 0.15) is 5.56 Å². The molecule has 0 bridgehead atoms. The molecule has 0 radical (unpaired) electrons. The van der Waals surface area contributed by atoms with Crippen LogP contribution in [0.5, 0.6) is 0 Å². The summed E-state index contributed by atoms with van der Waals surface area (Å²) in [5.41, 5.74) is 2.67. The van der Waals surface area contributed by atoms with Gasteiger partial charge in [0.1, 0.15) is 6.04 Å². The maximum Gasteiger partial charge on any atom is 0.326 e. The lowest BCUT2D eigenvalue weighted by atomic mass is 10.1. The van der Waals surface area contributed by atoms with Crippen molar-refractivity contribution in [1.82, 2.24) is 9.21 Å². The van der Waals surface area contributed by atoms with Gasteiger partial charge in [0, 0.05) is 17.6 Å². The van der Waals surface area contributed by atoms with E-state index in [4.69, 9.17) is 4.74 Å². The molecular formula is C25H23BrN2O5S. The van der Waals surface area contributed by atoms with Crippen molar-refractivity contribution in [3.05, 3.63) is 88.9 Å². The molecule has 1 heterocycles. The van der Waals surface area contributed by atoms with Gasteiger partial charge < -0.3 is 9.64 Å². The third kappa shape index (κ3) is 5.06. The third-order valence-corrected chi connectivity index (χ3v) is 8.11. The molecule has 0 aromatic heterocycles. The molecule has 3 aromatic rings. The Hall–Kier alpha value is -3.01. The van der Waals surface area contributed by atoms with Crippen LogP contribution in [0.2, 0.25) is 0 Å². The summed E-state index contributed by atoms with van der Waals surface area (Å²) in [5.74, 6) is -1.08. The van der Waals surface area contributed by atoms with Gasteiger partial charge in [-0.3, -0.25) is 9.59 Å². The van der Waals surface area contributed by atoms with Crippen LogP contribution in [-0.2, 0) is 30.9 Å². The van der Waals surface area contributed by atoms with Crippen LogP contribution in [-0.4, -0.2) is 55.7 Å². The Balaban J connectivity index is 1.60. The molecule has 0 saturated carbocycles. The van der Waals surface area contributed by atoms with E-state index in [-0.39, 0.29) is 23.9 Å². The number of sulfonamides is 1. The number of ether oxygens (including phenoxy) is 1.